The van der Waals surface area contributed by atoms with Crippen LogP contribution in [-0.2, 0) is 6.42 Å². The fraction of sp³-hybridized carbons (Fsp3) is 0.300. The van der Waals surface area contributed by atoms with Gasteiger partial charge in [-0.2, -0.15) is 5.10 Å². The summed E-state index contributed by atoms with van der Waals surface area (Å²) in [6.45, 7) is 6.06. The van der Waals surface area contributed by atoms with Crippen LogP contribution in [0.25, 0.3) is 0 Å². The van der Waals surface area contributed by atoms with Crippen LogP contribution < -0.4 is 5.32 Å². The molecule has 0 bridgehead atoms. The topological polar surface area (TPSA) is 44.7 Å². The van der Waals surface area contributed by atoms with E-state index in [4.69, 9.17) is 16.7 Å². The molecule has 2 aromatic carbocycles. The van der Waals surface area contributed by atoms with E-state index >= 15 is 0 Å². The van der Waals surface area contributed by atoms with E-state index in [0.29, 0.717) is 6.42 Å². The van der Waals surface area contributed by atoms with Gasteiger partial charge in [-0.3, -0.25) is 0 Å². The molecule has 1 atom stereocenters. The molecule has 0 aliphatic carbocycles. The van der Waals surface area contributed by atoms with Crippen molar-refractivity contribution in [3.05, 3.63) is 67.6 Å². The van der Waals surface area contributed by atoms with Crippen LogP contribution in [0, 0.1) is 13.8 Å². The Morgan fingerprint density at radius 1 is 1.31 bits per heavy atom. The van der Waals surface area contributed by atoms with E-state index in [1.54, 1.807) is 7.05 Å². The summed E-state index contributed by atoms with van der Waals surface area (Å²) in [6.07, 6.45) is 0.645. The maximum atomic E-state index is 12.4. The Morgan fingerprint density at radius 3 is 2.58 bits per heavy atom. The molecule has 0 saturated heterocycles. The molecule has 26 heavy (non-hydrogen) atoms. The van der Waals surface area contributed by atoms with Crippen LogP contribution in [0.15, 0.2) is 39.9 Å². The van der Waals surface area contributed by atoms with Gasteiger partial charge in [-0.05, 0) is 62.1 Å². The van der Waals surface area contributed by atoms with Gasteiger partial charge in [-0.25, -0.2) is 9.80 Å². The molecule has 1 aliphatic heterocycles. The van der Waals surface area contributed by atoms with Gasteiger partial charge >= 0.3 is 6.03 Å². The summed E-state index contributed by atoms with van der Waals surface area (Å²) < 4.78 is 0.991. The van der Waals surface area contributed by atoms with Crippen molar-refractivity contribution in [3.8, 4) is 0 Å². The number of hydrazone groups is 1. The number of aryl methyl sites for hydroxylation is 1. The SMILES string of the molecule is CNC(=O)N1N=C(c2ccc(Br)cc2)c2cc(C)c(C)c(Cl)c2CC1C. The van der Waals surface area contributed by atoms with Gasteiger partial charge in [0.05, 0.1) is 11.8 Å². The Balaban J connectivity index is 2.28. The van der Waals surface area contributed by atoms with Gasteiger partial charge < -0.3 is 5.32 Å². The number of carbonyl (C=O) groups is 1. The van der Waals surface area contributed by atoms with E-state index < -0.39 is 0 Å². The van der Waals surface area contributed by atoms with E-state index in [1.165, 1.54) is 5.01 Å². The summed E-state index contributed by atoms with van der Waals surface area (Å²) in [4.78, 5) is 12.4. The number of hydrogen-bond acceptors (Lipinski definition) is 2. The average molecular weight is 435 g/mol. The zero-order valence-electron chi connectivity index (χ0n) is 15.2. The molecule has 0 spiro atoms. The van der Waals surface area contributed by atoms with Gasteiger partial charge in [-0.1, -0.05) is 39.7 Å². The zero-order chi connectivity index (χ0) is 19.0. The largest absolute Gasteiger partial charge is 0.340 e. The number of nitrogens with one attached hydrogen (secondary N) is 1. The summed E-state index contributed by atoms with van der Waals surface area (Å²) in [7, 11) is 1.61. The second-order valence-corrected chi connectivity index (χ2v) is 7.86. The molecule has 2 amide bonds. The lowest BCUT2D eigenvalue weighted by Crippen LogP contribution is -2.41. The van der Waals surface area contributed by atoms with Gasteiger partial charge in [0, 0.05) is 27.7 Å². The van der Waals surface area contributed by atoms with Crippen molar-refractivity contribution in [2.24, 2.45) is 5.10 Å². The second kappa shape index (κ2) is 7.41. The molecule has 3 rings (SSSR count). The molecule has 0 saturated carbocycles. The van der Waals surface area contributed by atoms with Gasteiger partial charge in [0.25, 0.3) is 0 Å². The molecule has 6 heteroatoms. The molecule has 1 aliphatic rings. The highest BCUT2D eigenvalue weighted by Gasteiger charge is 2.29. The van der Waals surface area contributed by atoms with E-state index in [2.05, 4.69) is 27.3 Å². The monoisotopic (exact) mass is 433 g/mol. The standard InChI is InChI=1S/C20H21BrClN3O/c1-11-9-17-16(18(22)13(11)3)10-12(2)25(20(26)23-4)24-19(17)14-5-7-15(21)8-6-14/h5-9,12H,10H2,1-4H3,(H,23,26). The van der Waals surface area contributed by atoms with E-state index in [0.717, 1.165) is 43.0 Å². The van der Waals surface area contributed by atoms with Crippen molar-refractivity contribution < 1.29 is 4.79 Å². The number of urea groups is 1. The average Bonchev–Trinajstić information content (AvgIpc) is 2.77. The Bertz CT molecular complexity index is 893. The number of fused-ring (bicyclic) bond motifs is 1. The number of rotatable bonds is 1. The first kappa shape index (κ1) is 18.9. The lowest BCUT2D eigenvalue weighted by molar-refractivity contribution is 0.184. The lowest BCUT2D eigenvalue weighted by atomic mass is 9.91. The molecule has 2 aromatic rings. The van der Waals surface area contributed by atoms with Crippen molar-refractivity contribution in [3.63, 3.8) is 0 Å². The summed E-state index contributed by atoms with van der Waals surface area (Å²) in [5, 5.41) is 9.69. The van der Waals surface area contributed by atoms with E-state index in [1.807, 2.05) is 45.0 Å². The second-order valence-electron chi connectivity index (χ2n) is 6.57. The molecule has 136 valence electrons. The van der Waals surface area contributed by atoms with Gasteiger partial charge in [-0.15, -0.1) is 0 Å². The summed E-state index contributed by atoms with van der Waals surface area (Å²) >= 11 is 10.2. The minimum Gasteiger partial charge on any atom is -0.340 e. The third kappa shape index (κ3) is 3.38. The van der Waals surface area contributed by atoms with Crippen LogP contribution in [0.5, 0.6) is 0 Å². The normalized spacial score (nSPS) is 16.6. The van der Waals surface area contributed by atoms with Crippen LogP contribution in [0.1, 0.15) is 34.7 Å². The first-order valence-electron chi connectivity index (χ1n) is 8.48. The Labute approximate surface area is 167 Å². The fourth-order valence-corrected chi connectivity index (χ4v) is 3.76. The minimum absolute atomic E-state index is 0.110. The maximum Gasteiger partial charge on any atom is 0.337 e. The fourth-order valence-electron chi connectivity index (χ4n) is 3.16. The predicted octanol–water partition coefficient (Wildman–Crippen LogP) is 5.06. The maximum absolute atomic E-state index is 12.4. The number of benzene rings is 2. The number of nitrogens with zero attached hydrogens (tertiary/aromatic N) is 2. The Hall–Kier alpha value is -1.85. The number of hydrogen-bond donors (Lipinski definition) is 1. The Kier molecular flexibility index (Phi) is 5.39. The van der Waals surface area contributed by atoms with Crippen LogP contribution in [0.4, 0.5) is 4.79 Å². The molecule has 0 radical (unpaired) electrons. The highest BCUT2D eigenvalue weighted by Crippen LogP contribution is 2.33. The molecule has 1 N–H and O–H groups in total. The van der Waals surface area contributed by atoms with Crippen molar-refractivity contribution in [1.29, 1.82) is 0 Å². The van der Waals surface area contributed by atoms with Crippen LogP contribution in [-0.4, -0.2) is 29.8 Å². The van der Waals surface area contributed by atoms with E-state index in [9.17, 15) is 4.79 Å². The predicted molar refractivity (Wildman–Crippen MR) is 110 cm³/mol. The summed E-state index contributed by atoms with van der Waals surface area (Å²) in [6, 6.07) is 9.71. The first-order valence-corrected chi connectivity index (χ1v) is 9.65. The summed E-state index contributed by atoms with van der Waals surface area (Å²) in [5.74, 6) is 0. The third-order valence-electron chi connectivity index (χ3n) is 4.79. The molecular formula is C20H21BrClN3O. The molecule has 1 unspecified atom stereocenters. The molecule has 0 aromatic heterocycles. The van der Waals surface area contributed by atoms with Crippen molar-refractivity contribution >= 4 is 39.3 Å². The van der Waals surface area contributed by atoms with Crippen molar-refractivity contribution in [1.82, 2.24) is 10.3 Å². The lowest BCUT2D eigenvalue weighted by Gasteiger charge is -2.22. The third-order valence-corrected chi connectivity index (χ3v) is 5.83. The van der Waals surface area contributed by atoms with Crippen LogP contribution in [0.2, 0.25) is 5.02 Å². The number of amides is 2. The van der Waals surface area contributed by atoms with Gasteiger partial charge in [0.15, 0.2) is 0 Å². The highest BCUT2D eigenvalue weighted by atomic mass is 79.9. The molecule has 1 heterocycles. The smallest absolute Gasteiger partial charge is 0.337 e. The first-order chi connectivity index (χ1) is 12.3. The summed E-state index contributed by atoms with van der Waals surface area (Å²) in [5.41, 5.74) is 5.90. The number of carbonyl (C=O) groups excluding carboxylic acids is 1. The van der Waals surface area contributed by atoms with E-state index in [-0.39, 0.29) is 12.1 Å². The minimum atomic E-state index is -0.232. The van der Waals surface area contributed by atoms with Crippen LogP contribution >= 0.6 is 27.5 Å². The van der Waals surface area contributed by atoms with Crippen molar-refractivity contribution in [2.45, 2.75) is 33.2 Å². The van der Waals surface area contributed by atoms with Gasteiger partial charge in [0.1, 0.15) is 0 Å². The quantitative estimate of drug-likeness (QED) is 0.670. The molecular weight excluding hydrogens is 414 g/mol. The molecule has 4 nitrogen and oxygen atoms in total. The molecule has 0 fully saturated rings. The van der Waals surface area contributed by atoms with Crippen LogP contribution in [0.3, 0.4) is 0 Å². The van der Waals surface area contributed by atoms with Crippen molar-refractivity contribution in [2.75, 3.05) is 7.05 Å². The van der Waals surface area contributed by atoms with Gasteiger partial charge in [0.2, 0.25) is 0 Å². The zero-order valence-corrected chi connectivity index (χ0v) is 17.6. The Morgan fingerprint density at radius 2 is 1.96 bits per heavy atom. The number of halogens is 2. The highest BCUT2D eigenvalue weighted by molar-refractivity contribution is 9.10.